The summed E-state index contributed by atoms with van der Waals surface area (Å²) in [5, 5.41) is 17.4. The average Bonchev–Trinajstić information content (AvgIpc) is 3.80. The second-order valence-electron chi connectivity index (χ2n) is 10.4. The van der Waals surface area contributed by atoms with Gasteiger partial charge in [-0.05, 0) is 25.7 Å². The highest BCUT2D eigenvalue weighted by Gasteiger charge is 2.46. The Morgan fingerprint density at radius 2 is 1.77 bits per heavy atom. The number of aromatic amines is 2. The molecule has 2 aliphatic heterocycles. The van der Waals surface area contributed by atoms with Crippen molar-refractivity contribution in [3.8, 4) is 10.4 Å². The van der Waals surface area contributed by atoms with Crippen LogP contribution in [0.5, 0.6) is 0 Å². The van der Waals surface area contributed by atoms with Crippen molar-refractivity contribution in [2.24, 2.45) is 0 Å². The summed E-state index contributed by atoms with van der Waals surface area (Å²) in [7, 11) is -3.79. The zero-order chi connectivity index (χ0) is 29.9. The van der Waals surface area contributed by atoms with Gasteiger partial charge in [0.25, 0.3) is 5.91 Å². The second-order valence-corrected chi connectivity index (χ2v) is 13.5. The van der Waals surface area contributed by atoms with E-state index in [0.29, 0.717) is 39.6 Å². The molecule has 5 aromatic rings. The van der Waals surface area contributed by atoms with Crippen molar-refractivity contribution in [3.05, 3.63) is 47.4 Å². The minimum absolute atomic E-state index is 0.0186. The molecule has 7 heterocycles. The summed E-state index contributed by atoms with van der Waals surface area (Å²) in [6.45, 7) is -0.0867. The Morgan fingerprint density at radius 3 is 2.42 bits per heavy atom. The maximum atomic E-state index is 13.1. The van der Waals surface area contributed by atoms with E-state index in [9.17, 15) is 18.0 Å². The molecule has 222 valence electrons. The Hall–Kier alpha value is -4.78. The molecule has 0 saturated carbocycles. The summed E-state index contributed by atoms with van der Waals surface area (Å²) in [5.41, 5.74) is 7.81. The zero-order valence-electron chi connectivity index (χ0n) is 22.5. The predicted octanol–water partition coefficient (Wildman–Crippen LogP) is 0.982. The number of nitrogens with zero attached hydrogens (tertiary/aromatic N) is 9. The van der Waals surface area contributed by atoms with Crippen LogP contribution in [-0.2, 0) is 21.2 Å². The summed E-state index contributed by atoms with van der Waals surface area (Å²) >= 11 is 1.27. The standard InChI is InChI=1S/C24H24N12O5S2/c1-43(39,40)18-17(11-4-12-2-3-13(5-11)35(12)23(37)20-27-9-29-33-20)32-22-14(6-31-36(22)19(18)25)15-7-26-16(42-15)8-41-24(38)21-28-10-30-34-21/h6-7,9-13H,2-5,8,25H2,1H3,(H,27,29,33)(H,28,30,34)/t11?,12-,13+. The molecule has 2 saturated heterocycles. The first-order valence-electron chi connectivity index (χ1n) is 13.2. The molecule has 0 aliphatic carbocycles. The minimum Gasteiger partial charge on any atom is -0.452 e. The molecule has 2 fully saturated rings. The van der Waals surface area contributed by atoms with Gasteiger partial charge in [-0.25, -0.2) is 33.1 Å². The van der Waals surface area contributed by atoms with E-state index in [0.717, 1.165) is 19.1 Å². The Morgan fingerprint density at radius 1 is 1.07 bits per heavy atom. The molecule has 2 aliphatic rings. The third kappa shape index (κ3) is 4.69. The molecular formula is C24H24N12O5S2. The first-order valence-corrected chi connectivity index (χ1v) is 15.9. The van der Waals surface area contributed by atoms with Crippen LogP contribution in [0.15, 0.2) is 29.9 Å². The Bertz CT molecular complexity index is 1940. The molecular weight excluding hydrogens is 600 g/mol. The molecule has 17 nitrogen and oxygen atoms in total. The fraction of sp³-hybridized carbons (Fsp3) is 0.375. The van der Waals surface area contributed by atoms with Crippen LogP contribution in [0.2, 0.25) is 0 Å². The minimum atomic E-state index is -3.79. The largest absolute Gasteiger partial charge is 0.452 e. The van der Waals surface area contributed by atoms with Gasteiger partial charge in [0, 0.05) is 30.5 Å². The van der Waals surface area contributed by atoms with Crippen LogP contribution in [0.1, 0.15) is 63.5 Å². The van der Waals surface area contributed by atoms with E-state index in [1.54, 1.807) is 12.4 Å². The number of piperidine rings is 1. The van der Waals surface area contributed by atoms with Crippen LogP contribution in [-0.4, -0.2) is 93.5 Å². The van der Waals surface area contributed by atoms with Crippen molar-refractivity contribution >= 4 is 44.5 Å². The zero-order valence-corrected chi connectivity index (χ0v) is 24.2. The monoisotopic (exact) mass is 624 g/mol. The summed E-state index contributed by atoms with van der Waals surface area (Å²) in [4.78, 5) is 44.7. The van der Waals surface area contributed by atoms with Gasteiger partial charge in [-0.15, -0.1) is 11.3 Å². The van der Waals surface area contributed by atoms with Gasteiger partial charge in [0.15, 0.2) is 15.5 Å². The number of rotatable bonds is 7. The lowest BCUT2D eigenvalue weighted by atomic mass is 9.87. The van der Waals surface area contributed by atoms with Crippen LogP contribution in [0.3, 0.4) is 0 Å². The van der Waals surface area contributed by atoms with Gasteiger partial charge in [0.2, 0.25) is 11.6 Å². The van der Waals surface area contributed by atoms with E-state index < -0.39 is 15.8 Å². The molecule has 1 unspecified atom stereocenters. The lowest BCUT2D eigenvalue weighted by Crippen LogP contribution is -2.46. The van der Waals surface area contributed by atoms with E-state index >= 15 is 0 Å². The van der Waals surface area contributed by atoms with Crippen molar-refractivity contribution in [1.82, 2.24) is 54.8 Å². The van der Waals surface area contributed by atoms with Crippen LogP contribution >= 0.6 is 11.3 Å². The highest BCUT2D eigenvalue weighted by atomic mass is 32.2. The highest BCUT2D eigenvalue weighted by molar-refractivity contribution is 7.91. The van der Waals surface area contributed by atoms with E-state index in [-0.39, 0.29) is 52.9 Å². The molecule has 4 N–H and O–H groups in total. The normalized spacial score (nSPS) is 20.1. The number of nitrogens with one attached hydrogen (secondary N) is 2. The molecule has 0 aromatic carbocycles. The third-order valence-corrected chi connectivity index (χ3v) is 9.92. The SMILES string of the molecule is CS(=O)(=O)c1c(C2C[C@H]3CC[C@@H](C2)N3C(=O)c2ncn[nH]2)nc2c(-c3cnc(COC(=O)c4ncn[nH]4)s3)cnn2c1N. The smallest absolute Gasteiger partial charge is 0.376 e. The summed E-state index contributed by atoms with van der Waals surface area (Å²) in [5.74, 6) is -1.03. The molecule has 0 radical (unpaired) electrons. The third-order valence-electron chi connectivity index (χ3n) is 7.76. The molecule has 43 heavy (non-hydrogen) atoms. The van der Waals surface area contributed by atoms with Gasteiger partial charge in [0.1, 0.15) is 35.0 Å². The summed E-state index contributed by atoms with van der Waals surface area (Å²) in [6.07, 6.45) is 9.38. The van der Waals surface area contributed by atoms with Crippen molar-refractivity contribution in [1.29, 1.82) is 0 Å². The molecule has 1 amide bonds. The van der Waals surface area contributed by atoms with Gasteiger partial charge >= 0.3 is 5.97 Å². The number of nitrogen functional groups attached to an aromatic ring is 1. The number of nitrogens with two attached hydrogens (primary N) is 1. The Labute approximate surface area is 246 Å². The van der Waals surface area contributed by atoms with Crippen molar-refractivity contribution in [2.75, 3.05) is 12.0 Å². The van der Waals surface area contributed by atoms with Crippen molar-refractivity contribution in [2.45, 2.75) is 55.2 Å². The van der Waals surface area contributed by atoms with Crippen LogP contribution in [0.25, 0.3) is 16.1 Å². The number of hydrogen-bond donors (Lipinski definition) is 3. The number of thiazole rings is 1. The first-order chi connectivity index (χ1) is 20.7. The van der Waals surface area contributed by atoms with Gasteiger partial charge < -0.3 is 15.4 Å². The first kappa shape index (κ1) is 27.1. The van der Waals surface area contributed by atoms with Crippen LogP contribution in [0.4, 0.5) is 5.82 Å². The molecule has 19 heteroatoms. The van der Waals surface area contributed by atoms with Gasteiger partial charge in [-0.2, -0.15) is 19.8 Å². The van der Waals surface area contributed by atoms with Gasteiger partial charge in [-0.1, -0.05) is 0 Å². The van der Waals surface area contributed by atoms with E-state index in [4.69, 9.17) is 15.5 Å². The molecule has 0 spiro atoms. The maximum absolute atomic E-state index is 13.1. The fourth-order valence-electron chi connectivity index (χ4n) is 6.01. The lowest BCUT2D eigenvalue weighted by molar-refractivity contribution is 0.0457. The number of carbonyl (C=O) groups is 2. The van der Waals surface area contributed by atoms with E-state index in [2.05, 4.69) is 40.4 Å². The van der Waals surface area contributed by atoms with Gasteiger partial charge in [0.05, 0.1) is 22.3 Å². The fourth-order valence-corrected chi connectivity index (χ4v) is 7.91. The quantitative estimate of drug-likeness (QED) is 0.215. The van der Waals surface area contributed by atoms with Gasteiger partial charge in [-0.3, -0.25) is 15.0 Å². The van der Waals surface area contributed by atoms with Crippen LogP contribution in [0, 0.1) is 0 Å². The van der Waals surface area contributed by atoms with Crippen molar-refractivity contribution in [3.63, 3.8) is 0 Å². The highest BCUT2D eigenvalue weighted by Crippen LogP contribution is 2.45. The number of hydrogen-bond acceptors (Lipinski definition) is 14. The topological polar surface area (TPSA) is 233 Å². The summed E-state index contributed by atoms with van der Waals surface area (Å²) in [6, 6.07) is -0.220. The summed E-state index contributed by atoms with van der Waals surface area (Å²) < 4.78 is 32.7. The number of esters is 1. The number of ether oxygens (including phenoxy) is 1. The van der Waals surface area contributed by atoms with E-state index in [1.165, 1.54) is 28.5 Å². The number of anilines is 1. The Kier molecular flexibility index (Phi) is 6.42. The molecule has 7 rings (SSSR count). The second kappa shape index (κ2) is 10.2. The molecule has 3 atom stereocenters. The number of amides is 1. The Balaban J connectivity index is 1.21. The lowest BCUT2D eigenvalue weighted by Gasteiger charge is -2.38. The number of fused-ring (bicyclic) bond motifs is 3. The average molecular weight is 625 g/mol. The number of aromatic nitrogens is 10. The maximum Gasteiger partial charge on any atom is 0.376 e. The molecule has 2 bridgehead atoms. The molecule has 5 aromatic heterocycles. The van der Waals surface area contributed by atoms with E-state index in [1.807, 2.05) is 4.90 Å². The van der Waals surface area contributed by atoms with Crippen LogP contribution < -0.4 is 5.73 Å². The van der Waals surface area contributed by atoms with Crippen molar-refractivity contribution < 1.29 is 22.7 Å². The number of sulfone groups is 1. The number of carbonyl (C=O) groups excluding carboxylic acids is 2. The number of H-pyrrole nitrogens is 2. The predicted molar refractivity (Wildman–Crippen MR) is 148 cm³/mol.